The fraction of sp³-hybridized carbons (Fsp3) is 0.360. The van der Waals surface area contributed by atoms with E-state index in [1.807, 2.05) is 24.3 Å². The van der Waals surface area contributed by atoms with Crippen LogP contribution in [0.1, 0.15) is 49.9 Å². The van der Waals surface area contributed by atoms with Gasteiger partial charge in [-0.05, 0) is 68.5 Å². The Kier molecular flexibility index (Phi) is 5.08. The van der Waals surface area contributed by atoms with E-state index in [1.54, 1.807) is 0 Å². The third-order valence-electron chi connectivity index (χ3n) is 6.18. The number of hydrogen-bond donors (Lipinski definition) is 2. The molecule has 1 aliphatic rings. The van der Waals surface area contributed by atoms with Crippen molar-refractivity contribution in [3.05, 3.63) is 59.8 Å². The Hall–Kier alpha value is -2.81. The van der Waals surface area contributed by atoms with E-state index in [9.17, 15) is 8.76 Å². The molecule has 0 spiro atoms. The van der Waals surface area contributed by atoms with Gasteiger partial charge in [0.2, 0.25) is 5.82 Å². The molecule has 0 aliphatic heterocycles. The predicted molar refractivity (Wildman–Crippen MR) is 132 cm³/mol. The highest BCUT2D eigenvalue weighted by Gasteiger charge is 2.28. The van der Waals surface area contributed by atoms with Gasteiger partial charge in [-0.2, -0.15) is 9.19 Å². The Balaban J connectivity index is 1.50. The zero-order valence-electron chi connectivity index (χ0n) is 19.4. The largest absolute Gasteiger partial charge is 0.345 e. The Morgan fingerprint density at radius 3 is 2.79 bits per heavy atom. The molecule has 174 valence electrons. The molecule has 0 radical (unpaired) electrons. The molecule has 8 heteroatoms. The number of nitrogens with one attached hydrogen (secondary N) is 1. The summed E-state index contributed by atoms with van der Waals surface area (Å²) in [6, 6.07) is 14.4. The number of rotatable bonds is 5. The number of benzene rings is 2. The molecule has 4 aromatic rings. The fourth-order valence-electron chi connectivity index (χ4n) is 4.78. The second-order valence-electron chi connectivity index (χ2n) is 9.71. The number of fused-ring (bicyclic) bond motifs is 2. The van der Waals surface area contributed by atoms with E-state index in [0.717, 1.165) is 46.9 Å². The van der Waals surface area contributed by atoms with Crippen LogP contribution in [0.25, 0.3) is 33.7 Å². The number of nitrogens with zero attached hydrogens (tertiary/aromatic N) is 3. The van der Waals surface area contributed by atoms with E-state index >= 15 is 0 Å². The van der Waals surface area contributed by atoms with Gasteiger partial charge in [0.25, 0.3) is 5.89 Å². The van der Waals surface area contributed by atoms with Gasteiger partial charge in [-0.25, -0.2) is 4.72 Å². The summed E-state index contributed by atoms with van der Waals surface area (Å²) in [5, 5.41) is 5.41. The first kappa shape index (κ1) is 22.0. The van der Waals surface area contributed by atoms with Crippen LogP contribution in [0.5, 0.6) is 0 Å². The molecule has 2 N–H and O–H groups in total. The van der Waals surface area contributed by atoms with E-state index in [2.05, 4.69) is 52.7 Å². The highest BCUT2D eigenvalue weighted by Crippen LogP contribution is 2.37. The van der Waals surface area contributed by atoms with Crippen LogP contribution in [0.15, 0.2) is 53.2 Å². The Morgan fingerprint density at radius 1 is 1.21 bits per heavy atom. The van der Waals surface area contributed by atoms with Crippen molar-refractivity contribution >= 4 is 20.4 Å². The molecule has 1 aliphatic carbocycles. The topological polar surface area (TPSA) is 93.2 Å². The lowest BCUT2D eigenvalue weighted by molar-refractivity contribution is 0.432. The maximum absolute atomic E-state index is 12.5. The molecule has 0 saturated carbocycles. The summed E-state index contributed by atoms with van der Waals surface area (Å²) in [7, 11) is -3.84. The summed E-state index contributed by atoms with van der Waals surface area (Å²) in [6.45, 7) is 4.33. The first-order chi connectivity index (χ1) is 15.6. The van der Waals surface area contributed by atoms with Crippen LogP contribution in [0.2, 0.25) is 0 Å². The van der Waals surface area contributed by atoms with E-state index in [0.29, 0.717) is 17.8 Å². The Morgan fingerprint density at radius 2 is 2.03 bits per heavy atom. The second kappa shape index (κ2) is 7.62. The summed E-state index contributed by atoms with van der Waals surface area (Å²) in [5.41, 5.74) is 5.10. The van der Waals surface area contributed by atoms with Crippen molar-refractivity contribution in [3.63, 3.8) is 0 Å². The van der Waals surface area contributed by atoms with Crippen LogP contribution < -0.4 is 4.72 Å². The quantitative estimate of drug-likeness (QED) is 0.412. The highest BCUT2D eigenvalue weighted by molar-refractivity contribution is 8.12. The van der Waals surface area contributed by atoms with Gasteiger partial charge in [0.15, 0.2) is 0 Å². The van der Waals surface area contributed by atoms with Crippen LogP contribution >= 0.6 is 0 Å². The lowest BCUT2D eigenvalue weighted by Gasteiger charge is -2.41. The minimum absolute atomic E-state index is 0.188. The van der Waals surface area contributed by atoms with E-state index in [4.69, 9.17) is 9.51 Å². The fourth-order valence-corrected chi connectivity index (χ4v) is 5.84. The molecular formula is C25H30N4O3S. The minimum Gasteiger partial charge on any atom is -0.345 e. The number of aromatic nitrogens is 3. The normalized spacial score (nSPS) is 17.8. The predicted octanol–water partition coefficient (Wildman–Crippen LogP) is 5.37. The SMILES string of the molecule is CC(C)n1ccc2cc(-c3nc(-c4cccc5c4CCCC5NS(C)(C)(=O)O)no3)ccc21. The molecule has 0 fully saturated rings. The van der Waals surface area contributed by atoms with Gasteiger partial charge in [0.1, 0.15) is 0 Å². The van der Waals surface area contributed by atoms with E-state index in [-0.39, 0.29) is 6.04 Å². The minimum atomic E-state index is -3.84. The van der Waals surface area contributed by atoms with Crippen molar-refractivity contribution < 1.29 is 13.3 Å². The average molecular weight is 467 g/mol. The van der Waals surface area contributed by atoms with Gasteiger partial charge in [-0.1, -0.05) is 23.4 Å². The summed E-state index contributed by atoms with van der Waals surface area (Å²) in [5.74, 6) is 1.02. The molecule has 5 rings (SSSR count). The molecule has 2 heterocycles. The maximum atomic E-state index is 12.5. The van der Waals surface area contributed by atoms with Gasteiger partial charge in [-0.3, -0.25) is 4.55 Å². The van der Waals surface area contributed by atoms with Crippen molar-refractivity contribution in [2.45, 2.75) is 45.2 Å². The van der Waals surface area contributed by atoms with Crippen molar-refractivity contribution in [2.24, 2.45) is 0 Å². The third-order valence-corrected chi connectivity index (χ3v) is 7.13. The lowest BCUT2D eigenvalue weighted by atomic mass is 9.85. The standard InChI is InChI=1S/C25H30N4O3S/c1-16(2)29-14-13-17-15-18(11-12-23(17)29)25-26-24(27-32-25)21-9-5-8-20-19(21)7-6-10-22(20)28-33(3,4,30)31/h5,8-9,11-16,22H,6-7,10H2,1-4H3,(H2,28,30,31). The van der Waals surface area contributed by atoms with Crippen LogP contribution in [0.3, 0.4) is 0 Å². The molecule has 0 amide bonds. The highest BCUT2D eigenvalue weighted by atomic mass is 32.3. The molecule has 0 bridgehead atoms. The van der Waals surface area contributed by atoms with Gasteiger partial charge in [-0.15, -0.1) is 9.53 Å². The van der Waals surface area contributed by atoms with E-state index in [1.165, 1.54) is 18.0 Å². The van der Waals surface area contributed by atoms with Gasteiger partial charge < -0.3 is 9.09 Å². The third kappa shape index (κ3) is 4.38. The zero-order valence-corrected chi connectivity index (χ0v) is 20.2. The molecule has 2 aromatic carbocycles. The average Bonchev–Trinajstić information content (AvgIpc) is 3.39. The van der Waals surface area contributed by atoms with Gasteiger partial charge in [0, 0.05) is 46.8 Å². The van der Waals surface area contributed by atoms with Crippen LogP contribution in [0, 0.1) is 0 Å². The van der Waals surface area contributed by atoms with E-state index < -0.39 is 9.53 Å². The van der Waals surface area contributed by atoms with Crippen molar-refractivity contribution in [1.29, 1.82) is 0 Å². The Bertz CT molecular complexity index is 1400. The zero-order chi connectivity index (χ0) is 23.4. The van der Waals surface area contributed by atoms with Gasteiger partial charge in [0.05, 0.1) is 6.04 Å². The summed E-state index contributed by atoms with van der Waals surface area (Å²) < 4.78 is 33.7. The maximum Gasteiger partial charge on any atom is 0.258 e. The lowest BCUT2D eigenvalue weighted by Crippen LogP contribution is -2.47. The number of hydrogen-bond acceptors (Lipinski definition) is 4. The molecule has 33 heavy (non-hydrogen) atoms. The summed E-state index contributed by atoms with van der Waals surface area (Å²) >= 11 is 0. The Labute approximate surface area is 193 Å². The smallest absolute Gasteiger partial charge is 0.258 e. The van der Waals surface area contributed by atoms with Crippen LogP contribution in [-0.4, -0.2) is 36.0 Å². The molecule has 1 unspecified atom stereocenters. The van der Waals surface area contributed by atoms with Crippen LogP contribution in [-0.2, 0) is 16.0 Å². The summed E-state index contributed by atoms with van der Waals surface area (Å²) in [4.78, 5) is 4.71. The molecular weight excluding hydrogens is 436 g/mol. The van der Waals surface area contributed by atoms with Crippen molar-refractivity contribution in [1.82, 2.24) is 19.4 Å². The monoisotopic (exact) mass is 466 g/mol. The molecule has 0 saturated heterocycles. The van der Waals surface area contributed by atoms with Crippen LogP contribution in [0.4, 0.5) is 0 Å². The first-order valence-electron chi connectivity index (χ1n) is 11.3. The molecule has 1 atom stereocenters. The molecule has 2 aromatic heterocycles. The van der Waals surface area contributed by atoms with Crippen molar-refractivity contribution in [3.8, 4) is 22.8 Å². The van der Waals surface area contributed by atoms with Crippen molar-refractivity contribution in [2.75, 3.05) is 12.5 Å². The molecule has 7 nitrogen and oxygen atoms in total. The van der Waals surface area contributed by atoms with Gasteiger partial charge >= 0.3 is 0 Å². The summed E-state index contributed by atoms with van der Waals surface area (Å²) in [6.07, 6.45) is 7.40. The first-order valence-corrected chi connectivity index (χ1v) is 14.0. The second-order valence-corrected chi connectivity index (χ2v) is 13.5.